The van der Waals surface area contributed by atoms with Crippen molar-refractivity contribution in [1.82, 2.24) is 0 Å². The van der Waals surface area contributed by atoms with Gasteiger partial charge < -0.3 is 9.47 Å². The van der Waals surface area contributed by atoms with E-state index in [2.05, 4.69) is 38.0 Å². The Balaban J connectivity index is 5.47. The average molecular weight is 341 g/mol. The van der Waals surface area contributed by atoms with Crippen LogP contribution in [-0.4, -0.2) is 33.2 Å². The molecule has 0 spiro atoms. The minimum atomic E-state index is -1.51. The summed E-state index contributed by atoms with van der Waals surface area (Å²) in [5.74, 6) is 1.19. The number of rotatable bonds is 8. The second kappa shape index (κ2) is 10.5. The predicted molar refractivity (Wildman–Crippen MR) is 95.4 cm³/mol. The highest BCUT2D eigenvalue weighted by Crippen LogP contribution is 2.27. The lowest BCUT2D eigenvalue weighted by Crippen LogP contribution is -2.36. The Morgan fingerprint density at radius 3 is 1.83 bits per heavy atom. The van der Waals surface area contributed by atoms with Crippen LogP contribution < -0.4 is 0 Å². The normalized spacial score (nSPS) is 13.7. The molecule has 0 bridgehead atoms. The molecule has 0 unspecified atom stereocenters. The van der Waals surface area contributed by atoms with Gasteiger partial charge in [0.05, 0.1) is 13.2 Å². The maximum absolute atomic E-state index is 12.2. The molecular weight excluding hydrogens is 308 g/mol. The van der Waals surface area contributed by atoms with Crippen LogP contribution in [0.25, 0.3) is 0 Å². The van der Waals surface area contributed by atoms with E-state index in [-0.39, 0.29) is 25.0 Å². The quantitative estimate of drug-likeness (QED) is 0.293. The van der Waals surface area contributed by atoms with Crippen molar-refractivity contribution < 1.29 is 19.1 Å². The summed E-state index contributed by atoms with van der Waals surface area (Å²) in [5, 5.41) is 0. The molecule has 23 heavy (non-hydrogen) atoms. The van der Waals surface area contributed by atoms with Crippen molar-refractivity contribution in [2.75, 3.05) is 13.2 Å². The smallest absolute Gasteiger partial charge is 0.320 e. The lowest BCUT2D eigenvalue weighted by molar-refractivity contribution is -0.164. The van der Waals surface area contributed by atoms with Gasteiger partial charge in [0.25, 0.3) is 0 Å². The van der Waals surface area contributed by atoms with Crippen molar-refractivity contribution in [1.29, 1.82) is 0 Å². The molecule has 0 radical (unpaired) electrons. The van der Waals surface area contributed by atoms with Gasteiger partial charge in [-0.2, -0.15) is 0 Å². The molecule has 5 heteroatoms. The number of hydrogen-bond acceptors (Lipinski definition) is 4. The highest BCUT2D eigenvalue weighted by Gasteiger charge is 2.38. The third kappa shape index (κ3) is 8.22. The van der Waals surface area contributed by atoms with E-state index in [0.29, 0.717) is 0 Å². The Labute approximate surface area is 142 Å². The molecular formula is C18H32O4Si. The lowest BCUT2D eigenvalue weighted by atomic mass is 9.81. The maximum Gasteiger partial charge on any atom is 0.320 e. The molecule has 132 valence electrons. The molecule has 0 heterocycles. The van der Waals surface area contributed by atoms with Gasteiger partial charge in [0, 0.05) is 5.92 Å². The first-order chi connectivity index (χ1) is 10.7. The van der Waals surface area contributed by atoms with E-state index in [1.54, 1.807) is 13.8 Å². The van der Waals surface area contributed by atoms with Crippen molar-refractivity contribution in [3.8, 4) is 11.5 Å². The fourth-order valence-corrected chi connectivity index (χ4v) is 2.93. The van der Waals surface area contributed by atoms with Gasteiger partial charge in [0.15, 0.2) is 5.92 Å². The molecule has 0 N–H and O–H groups in total. The number of carbonyl (C=O) groups is 2. The zero-order valence-electron chi connectivity index (χ0n) is 15.7. The summed E-state index contributed by atoms with van der Waals surface area (Å²) >= 11 is 0. The topological polar surface area (TPSA) is 52.6 Å². The first-order valence-electron chi connectivity index (χ1n) is 8.53. The molecule has 0 fully saturated rings. The molecule has 0 aromatic heterocycles. The highest BCUT2D eigenvalue weighted by molar-refractivity contribution is 6.83. The summed E-state index contributed by atoms with van der Waals surface area (Å²) in [4.78, 5) is 24.5. The molecule has 0 aliphatic rings. The molecule has 0 aliphatic heterocycles. The lowest BCUT2D eigenvalue weighted by Gasteiger charge is -2.25. The van der Waals surface area contributed by atoms with E-state index < -0.39 is 25.9 Å². The Morgan fingerprint density at radius 1 is 1.00 bits per heavy atom. The number of carbonyl (C=O) groups excluding carboxylic acids is 2. The third-order valence-electron chi connectivity index (χ3n) is 3.47. The molecule has 0 amide bonds. The van der Waals surface area contributed by atoms with Crippen molar-refractivity contribution >= 4 is 20.0 Å². The molecule has 4 nitrogen and oxygen atoms in total. The van der Waals surface area contributed by atoms with E-state index in [9.17, 15) is 9.59 Å². The van der Waals surface area contributed by atoms with Crippen LogP contribution in [0.5, 0.6) is 0 Å². The van der Waals surface area contributed by atoms with Crippen LogP contribution in [-0.2, 0) is 19.1 Å². The maximum atomic E-state index is 12.2. The van der Waals surface area contributed by atoms with Crippen molar-refractivity contribution in [2.24, 2.45) is 17.8 Å². The van der Waals surface area contributed by atoms with E-state index in [1.165, 1.54) is 0 Å². The number of esters is 2. The minimum absolute atomic E-state index is 0.00876. The van der Waals surface area contributed by atoms with Crippen molar-refractivity contribution in [3.05, 3.63) is 0 Å². The monoisotopic (exact) mass is 340 g/mol. The van der Waals surface area contributed by atoms with Crippen LogP contribution in [0.4, 0.5) is 0 Å². The molecule has 0 aromatic carbocycles. The minimum Gasteiger partial charge on any atom is -0.465 e. The zero-order valence-corrected chi connectivity index (χ0v) is 16.7. The summed E-state index contributed by atoms with van der Waals surface area (Å²) in [5.41, 5.74) is 3.37. The predicted octanol–water partition coefficient (Wildman–Crippen LogP) is 3.66. The molecule has 0 saturated heterocycles. The van der Waals surface area contributed by atoms with Gasteiger partial charge in [-0.25, -0.2) is 0 Å². The van der Waals surface area contributed by atoms with Gasteiger partial charge >= 0.3 is 11.9 Å². The Bertz CT molecular complexity index is 424. The second-order valence-corrected chi connectivity index (χ2v) is 11.5. The van der Waals surface area contributed by atoms with Gasteiger partial charge in [0.2, 0.25) is 0 Å². The van der Waals surface area contributed by atoms with Gasteiger partial charge in [-0.05, 0) is 26.2 Å². The summed E-state index contributed by atoms with van der Waals surface area (Å²) in [7, 11) is -1.51. The summed E-state index contributed by atoms with van der Waals surface area (Å²) in [6.07, 6.45) is 1.81. The van der Waals surface area contributed by atoms with E-state index >= 15 is 0 Å². The van der Waals surface area contributed by atoms with Gasteiger partial charge in [-0.15, -0.1) is 11.5 Å². The number of hydrogen-bond donors (Lipinski definition) is 0. The first-order valence-corrected chi connectivity index (χ1v) is 12.0. The largest absolute Gasteiger partial charge is 0.465 e. The number of ether oxygens (including phenoxy) is 2. The van der Waals surface area contributed by atoms with Crippen LogP contribution in [0.3, 0.4) is 0 Å². The average Bonchev–Trinajstić information content (AvgIpc) is 2.43. The SMILES string of the molecule is CCC[C@@H](C#C[Si](C)(C)C)[C@H](C)C(C(=O)OCC)C(=O)OCC. The first kappa shape index (κ1) is 21.7. The van der Waals surface area contributed by atoms with Crippen molar-refractivity contribution in [2.45, 2.75) is 60.2 Å². The third-order valence-corrected chi connectivity index (χ3v) is 4.37. The Morgan fingerprint density at radius 2 is 1.48 bits per heavy atom. The van der Waals surface area contributed by atoms with Gasteiger partial charge in [-0.1, -0.05) is 39.9 Å². The highest BCUT2D eigenvalue weighted by atomic mass is 28.3. The van der Waals surface area contributed by atoms with Gasteiger partial charge in [0.1, 0.15) is 8.07 Å². The fourth-order valence-electron chi connectivity index (χ4n) is 2.31. The van der Waals surface area contributed by atoms with Crippen LogP contribution in [0.15, 0.2) is 0 Å². The Kier molecular flexibility index (Phi) is 9.90. The summed E-state index contributed by atoms with van der Waals surface area (Å²) in [6, 6.07) is 0. The van der Waals surface area contributed by atoms with E-state index in [4.69, 9.17) is 9.47 Å². The molecule has 2 atom stereocenters. The molecule has 0 rings (SSSR count). The summed E-state index contributed by atoms with van der Waals surface area (Å²) in [6.45, 7) is 14.5. The fraction of sp³-hybridized carbons (Fsp3) is 0.778. The van der Waals surface area contributed by atoms with Crippen LogP contribution in [0.1, 0.15) is 40.5 Å². The summed E-state index contributed by atoms with van der Waals surface area (Å²) < 4.78 is 10.2. The molecule has 0 aliphatic carbocycles. The van der Waals surface area contributed by atoms with Crippen LogP contribution in [0.2, 0.25) is 19.6 Å². The van der Waals surface area contributed by atoms with E-state index in [1.807, 2.05) is 6.92 Å². The van der Waals surface area contributed by atoms with Crippen LogP contribution >= 0.6 is 0 Å². The van der Waals surface area contributed by atoms with E-state index in [0.717, 1.165) is 12.8 Å². The zero-order chi connectivity index (χ0) is 18.0. The second-order valence-electron chi connectivity index (χ2n) is 6.76. The molecule has 0 saturated carbocycles. The van der Waals surface area contributed by atoms with Crippen LogP contribution in [0, 0.1) is 29.2 Å². The standard InChI is InChI=1S/C18H32O4Si/c1-8-11-15(12-13-23(5,6)7)14(4)16(17(19)21-9-2)18(20)22-10-3/h14-16H,8-11H2,1-7H3/t14-,15-/m0/s1. The van der Waals surface area contributed by atoms with Crippen molar-refractivity contribution in [3.63, 3.8) is 0 Å². The Hall–Kier alpha value is -1.28. The molecule has 0 aromatic rings. The van der Waals surface area contributed by atoms with Gasteiger partial charge in [-0.3, -0.25) is 9.59 Å².